The summed E-state index contributed by atoms with van der Waals surface area (Å²) in [6.07, 6.45) is 0. The average Bonchev–Trinajstić information content (AvgIpc) is 3.22. The lowest BCUT2D eigenvalue weighted by Crippen LogP contribution is -2.55. The summed E-state index contributed by atoms with van der Waals surface area (Å²) in [5.74, 6) is -0.830. The first-order valence-corrected chi connectivity index (χ1v) is 11.4. The monoisotopic (exact) mass is 488 g/mol. The smallest absolute Gasteiger partial charge is 0.329 e. The van der Waals surface area contributed by atoms with Crippen LogP contribution in [0.1, 0.15) is 28.4 Å². The molecule has 2 aromatic carbocycles. The van der Waals surface area contributed by atoms with Gasteiger partial charge in [0.1, 0.15) is 6.04 Å². The number of halogens is 1. The van der Waals surface area contributed by atoms with E-state index in [-0.39, 0.29) is 24.2 Å². The third-order valence-corrected chi connectivity index (χ3v) is 7.44. The number of hydrogen-bond acceptors (Lipinski definition) is 5. The number of benzene rings is 2. The van der Waals surface area contributed by atoms with Crippen molar-refractivity contribution in [1.82, 2.24) is 4.90 Å². The molecule has 1 spiro atoms. The average molecular weight is 489 g/mol. The fourth-order valence-corrected chi connectivity index (χ4v) is 5.97. The first-order valence-electron chi connectivity index (χ1n) is 9.60. The molecule has 0 radical (unpaired) electrons. The molecular formula is C22H21BrN2O4S. The molecule has 156 valence electrons. The zero-order valence-electron chi connectivity index (χ0n) is 16.8. The molecule has 2 heterocycles. The van der Waals surface area contributed by atoms with Gasteiger partial charge in [-0.2, -0.15) is 0 Å². The van der Waals surface area contributed by atoms with Crippen LogP contribution in [0.2, 0.25) is 0 Å². The lowest BCUT2D eigenvalue weighted by Gasteiger charge is -2.35. The quantitative estimate of drug-likeness (QED) is 0.616. The molecule has 1 saturated heterocycles. The molecule has 8 heteroatoms. The molecule has 0 saturated carbocycles. The predicted octanol–water partition coefficient (Wildman–Crippen LogP) is 3.71. The van der Waals surface area contributed by atoms with Crippen LogP contribution >= 0.6 is 27.7 Å². The molecule has 0 bridgehead atoms. The van der Waals surface area contributed by atoms with Crippen molar-refractivity contribution in [2.45, 2.75) is 24.8 Å². The number of thioether (sulfide) groups is 1. The van der Waals surface area contributed by atoms with E-state index in [1.807, 2.05) is 37.3 Å². The third-order valence-electron chi connectivity index (χ3n) is 5.46. The molecule has 0 unspecified atom stereocenters. The molecule has 4 rings (SSSR count). The van der Waals surface area contributed by atoms with E-state index in [2.05, 4.69) is 15.9 Å². The second-order valence-electron chi connectivity index (χ2n) is 7.29. The van der Waals surface area contributed by atoms with Gasteiger partial charge in [0.2, 0.25) is 0 Å². The number of fused-ring (bicyclic) bond motifs is 2. The van der Waals surface area contributed by atoms with Crippen LogP contribution in [0, 0.1) is 6.92 Å². The first-order chi connectivity index (χ1) is 14.3. The molecule has 1 fully saturated rings. The van der Waals surface area contributed by atoms with Gasteiger partial charge in [-0.15, -0.1) is 11.8 Å². The summed E-state index contributed by atoms with van der Waals surface area (Å²) in [4.78, 5) is 41.7. The highest BCUT2D eigenvalue weighted by atomic mass is 79.9. The van der Waals surface area contributed by atoms with Crippen molar-refractivity contribution in [3.63, 3.8) is 0 Å². The van der Waals surface area contributed by atoms with Crippen LogP contribution in [0.4, 0.5) is 5.69 Å². The van der Waals surface area contributed by atoms with Crippen LogP contribution in [-0.4, -0.2) is 48.1 Å². The minimum Gasteiger partial charge on any atom is -0.464 e. The van der Waals surface area contributed by atoms with Gasteiger partial charge in [0, 0.05) is 28.4 Å². The Kier molecular flexibility index (Phi) is 5.40. The molecule has 2 amide bonds. The highest BCUT2D eigenvalue weighted by Crippen LogP contribution is 2.56. The van der Waals surface area contributed by atoms with Gasteiger partial charge in [-0.3, -0.25) is 14.5 Å². The highest BCUT2D eigenvalue weighted by Gasteiger charge is 2.63. The number of ether oxygens (including phenoxy) is 1. The van der Waals surface area contributed by atoms with Crippen molar-refractivity contribution in [1.29, 1.82) is 0 Å². The number of nitrogens with zero attached hydrogens (tertiary/aromatic N) is 2. The topological polar surface area (TPSA) is 66.9 Å². The van der Waals surface area contributed by atoms with Crippen molar-refractivity contribution < 1.29 is 19.1 Å². The SMILES string of the molecule is CCOC(=O)[C@@H]1CS[C@@]2(C(=O)N(C)c3ccc(Br)cc32)N1C(=O)c1ccc(C)cc1. The van der Waals surface area contributed by atoms with E-state index in [4.69, 9.17) is 4.74 Å². The Balaban J connectivity index is 1.90. The molecular weight excluding hydrogens is 468 g/mol. The maximum Gasteiger partial charge on any atom is 0.329 e. The number of carbonyl (C=O) groups excluding carboxylic acids is 3. The van der Waals surface area contributed by atoms with Crippen LogP contribution < -0.4 is 4.90 Å². The third kappa shape index (κ3) is 3.04. The number of aryl methyl sites for hydroxylation is 1. The van der Waals surface area contributed by atoms with Gasteiger partial charge in [-0.1, -0.05) is 33.6 Å². The Hall–Kier alpha value is -2.32. The molecule has 2 aliphatic heterocycles. The molecule has 2 aliphatic rings. The molecule has 0 N–H and O–H groups in total. The Bertz CT molecular complexity index is 1040. The number of amides is 2. The number of anilines is 1. The van der Waals surface area contributed by atoms with Crippen LogP contribution in [0.3, 0.4) is 0 Å². The van der Waals surface area contributed by atoms with Crippen LogP contribution in [-0.2, 0) is 19.2 Å². The molecule has 2 aromatic rings. The van der Waals surface area contributed by atoms with E-state index >= 15 is 0 Å². The van der Waals surface area contributed by atoms with Crippen LogP contribution in [0.5, 0.6) is 0 Å². The summed E-state index contributed by atoms with van der Waals surface area (Å²) >= 11 is 4.78. The van der Waals surface area contributed by atoms with Crippen molar-refractivity contribution in [3.05, 3.63) is 63.6 Å². The second kappa shape index (κ2) is 7.74. The number of hydrogen-bond donors (Lipinski definition) is 0. The Labute approximate surface area is 187 Å². The first kappa shape index (κ1) is 20.9. The standard InChI is InChI=1S/C22H21BrN2O4S/c1-4-29-20(27)18-12-30-22(25(18)19(26)14-7-5-13(2)6-8-14)16-11-15(23)9-10-17(16)24(3)21(22)28/h5-11,18H,4,12H2,1-3H3/t18-,22-/m0/s1. The lowest BCUT2D eigenvalue weighted by atomic mass is 10.0. The van der Waals surface area contributed by atoms with E-state index in [9.17, 15) is 14.4 Å². The predicted molar refractivity (Wildman–Crippen MR) is 119 cm³/mol. The normalized spacial score (nSPS) is 22.5. The zero-order chi connectivity index (χ0) is 21.6. The van der Waals surface area contributed by atoms with Crippen molar-refractivity contribution in [3.8, 4) is 0 Å². The fourth-order valence-electron chi connectivity index (χ4n) is 3.99. The Morgan fingerprint density at radius 3 is 2.60 bits per heavy atom. The van der Waals surface area contributed by atoms with Gasteiger partial charge in [0.25, 0.3) is 11.8 Å². The maximum atomic E-state index is 13.7. The summed E-state index contributed by atoms with van der Waals surface area (Å²) < 4.78 is 6.06. The molecule has 0 aromatic heterocycles. The van der Waals surface area contributed by atoms with E-state index in [1.165, 1.54) is 16.7 Å². The Morgan fingerprint density at radius 2 is 1.93 bits per heavy atom. The fraction of sp³-hybridized carbons (Fsp3) is 0.318. The molecule has 6 nitrogen and oxygen atoms in total. The van der Waals surface area contributed by atoms with Crippen LogP contribution in [0.15, 0.2) is 46.9 Å². The minimum absolute atomic E-state index is 0.204. The minimum atomic E-state index is -1.31. The largest absolute Gasteiger partial charge is 0.464 e. The van der Waals surface area contributed by atoms with E-state index in [0.717, 1.165) is 15.7 Å². The van der Waals surface area contributed by atoms with E-state index in [1.54, 1.807) is 31.0 Å². The highest BCUT2D eigenvalue weighted by molar-refractivity contribution is 9.10. The Morgan fingerprint density at radius 1 is 1.23 bits per heavy atom. The summed E-state index contributed by atoms with van der Waals surface area (Å²) in [5.41, 5.74) is 2.86. The number of likely N-dealkylation sites (N-methyl/N-ethyl adjacent to an activating group) is 1. The molecule has 2 atom stereocenters. The molecule has 30 heavy (non-hydrogen) atoms. The molecule has 0 aliphatic carbocycles. The number of esters is 1. The van der Waals surface area contributed by atoms with Crippen LogP contribution in [0.25, 0.3) is 0 Å². The van der Waals surface area contributed by atoms with Gasteiger partial charge in [0.05, 0.1) is 12.3 Å². The second-order valence-corrected chi connectivity index (χ2v) is 9.42. The summed E-state index contributed by atoms with van der Waals surface area (Å²) in [6, 6.07) is 11.8. The van der Waals surface area contributed by atoms with Crippen molar-refractivity contribution in [2.24, 2.45) is 0 Å². The van der Waals surface area contributed by atoms with E-state index in [0.29, 0.717) is 11.1 Å². The van der Waals surface area contributed by atoms with Gasteiger partial charge in [0.15, 0.2) is 4.87 Å². The summed E-state index contributed by atoms with van der Waals surface area (Å²) in [6.45, 7) is 3.87. The van der Waals surface area contributed by atoms with Gasteiger partial charge in [-0.05, 0) is 44.2 Å². The van der Waals surface area contributed by atoms with Crippen molar-refractivity contribution in [2.75, 3.05) is 24.3 Å². The van der Waals surface area contributed by atoms with Gasteiger partial charge < -0.3 is 9.64 Å². The zero-order valence-corrected chi connectivity index (χ0v) is 19.2. The number of carbonyl (C=O) groups is 3. The maximum absolute atomic E-state index is 13.7. The van der Waals surface area contributed by atoms with Crippen molar-refractivity contribution >= 4 is 51.2 Å². The van der Waals surface area contributed by atoms with E-state index < -0.39 is 16.9 Å². The van der Waals surface area contributed by atoms with Gasteiger partial charge in [-0.25, -0.2) is 4.79 Å². The lowest BCUT2D eigenvalue weighted by molar-refractivity contribution is -0.148. The van der Waals surface area contributed by atoms with Gasteiger partial charge >= 0.3 is 5.97 Å². The summed E-state index contributed by atoms with van der Waals surface area (Å²) in [5, 5.41) is 0. The summed E-state index contributed by atoms with van der Waals surface area (Å²) in [7, 11) is 1.69. The number of rotatable bonds is 3.